The molecule has 3 aromatic heterocycles. The van der Waals surface area contributed by atoms with E-state index in [4.69, 9.17) is 0 Å². The normalized spacial score (nSPS) is 10.7. The maximum Gasteiger partial charge on any atom is 0.323 e. The van der Waals surface area contributed by atoms with Crippen molar-refractivity contribution in [2.45, 2.75) is 0 Å². The molecule has 0 bridgehead atoms. The molecular formula is C19H16N6O. The Balaban J connectivity index is 1.60. The van der Waals surface area contributed by atoms with Gasteiger partial charge in [-0.05, 0) is 24.3 Å². The molecule has 4 rings (SSSR count). The van der Waals surface area contributed by atoms with Gasteiger partial charge in [0, 0.05) is 42.5 Å². The van der Waals surface area contributed by atoms with Crippen LogP contribution in [-0.2, 0) is 7.05 Å². The standard InChI is InChI=1S/C19H16N6O/c1-25-12-14(11-22-25)13-9-17-18(21-10-13)16(7-8-20-17)24-19(26)23-15-5-3-2-4-6-15/h2-12H,1H3,(H2,20,23,24,26). The van der Waals surface area contributed by atoms with Crippen LogP contribution in [0.5, 0.6) is 0 Å². The number of carbonyl (C=O) groups excluding carboxylic acids is 1. The van der Waals surface area contributed by atoms with Gasteiger partial charge in [0.15, 0.2) is 0 Å². The zero-order valence-corrected chi connectivity index (χ0v) is 14.0. The number of hydrogen-bond acceptors (Lipinski definition) is 4. The van der Waals surface area contributed by atoms with E-state index >= 15 is 0 Å². The molecule has 128 valence electrons. The number of nitrogens with one attached hydrogen (secondary N) is 2. The minimum atomic E-state index is -0.332. The number of amides is 2. The molecule has 0 aliphatic carbocycles. The first-order valence-electron chi connectivity index (χ1n) is 8.06. The molecule has 0 atom stereocenters. The molecule has 0 saturated heterocycles. The van der Waals surface area contributed by atoms with Gasteiger partial charge in [-0.15, -0.1) is 0 Å². The number of aryl methyl sites for hydroxylation is 1. The summed E-state index contributed by atoms with van der Waals surface area (Å²) in [6.45, 7) is 0. The van der Waals surface area contributed by atoms with Crippen LogP contribution in [-0.4, -0.2) is 25.8 Å². The van der Waals surface area contributed by atoms with Crippen molar-refractivity contribution in [2.75, 3.05) is 10.6 Å². The Morgan fingerprint density at radius 2 is 1.85 bits per heavy atom. The SMILES string of the molecule is Cn1cc(-c2cnc3c(NC(=O)Nc4ccccc4)ccnc3c2)cn1. The van der Waals surface area contributed by atoms with E-state index in [1.165, 1.54) is 0 Å². The Morgan fingerprint density at radius 1 is 1.00 bits per heavy atom. The monoisotopic (exact) mass is 344 g/mol. The molecule has 2 N–H and O–H groups in total. The Morgan fingerprint density at radius 3 is 2.62 bits per heavy atom. The predicted molar refractivity (Wildman–Crippen MR) is 101 cm³/mol. The van der Waals surface area contributed by atoms with E-state index in [1.54, 1.807) is 29.3 Å². The van der Waals surface area contributed by atoms with Crippen LogP contribution in [0, 0.1) is 0 Å². The average molecular weight is 344 g/mol. The largest absolute Gasteiger partial charge is 0.323 e. The van der Waals surface area contributed by atoms with Crippen molar-refractivity contribution in [1.82, 2.24) is 19.7 Å². The van der Waals surface area contributed by atoms with Crippen LogP contribution in [0.15, 0.2) is 67.3 Å². The molecule has 0 saturated carbocycles. The van der Waals surface area contributed by atoms with E-state index in [0.29, 0.717) is 16.7 Å². The molecule has 26 heavy (non-hydrogen) atoms. The molecular weight excluding hydrogens is 328 g/mol. The molecule has 0 aliphatic rings. The molecule has 0 unspecified atom stereocenters. The van der Waals surface area contributed by atoms with Gasteiger partial charge in [0.2, 0.25) is 0 Å². The van der Waals surface area contributed by atoms with Crippen LogP contribution in [0.1, 0.15) is 0 Å². The highest BCUT2D eigenvalue weighted by atomic mass is 16.2. The molecule has 7 heteroatoms. The molecule has 0 radical (unpaired) electrons. The second-order valence-corrected chi connectivity index (χ2v) is 5.80. The summed E-state index contributed by atoms with van der Waals surface area (Å²) in [7, 11) is 1.86. The van der Waals surface area contributed by atoms with Gasteiger partial charge in [-0.3, -0.25) is 14.6 Å². The van der Waals surface area contributed by atoms with E-state index in [2.05, 4.69) is 25.7 Å². The number of hydrogen-bond donors (Lipinski definition) is 2. The van der Waals surface area contributed by atoms with Gasteiger partial charge in [0.25, 0.3) is 0 Å². The molecule has 7 nitrogen and oxygen atoms in total. The summed E-state index contributed by atoms with van der Waals surface area (Å²) in [5.74, 6) is 0. The number of carbonyl (C=O) groups is 1. The zero-order chi connectivity index (χ0) is 17.9. The summed E-state index contributed by atoms with van der Waals surface area (Å²) in [4.78, 5) is 21.1. The van der Waals surface area contributed by atoms with Gasteiger partial charge in [0.1, 0.15) is 5.52 Å². The number of nitrogens with zero attached hydrogens (tertiary/aromatic N) is 4. The van der Waals surface area contributed by atoms with Crippen LogP contribution in [0.25, 0.3) is 22.2 Å². The van der Waals surface area contributed by atoms with Gasteiger partial charge in [-0.1, -0.05) is 18.2 Å². The van der Waals surface area contributed by atoms with E-state index in [1.807, 2.05) is 49.6 Å². The number of benzene rings is 1. The molecule has 1 aromatic carbocycles. The molecule has 2 amide bonds. The lowest BCUT2D eigenvalue weighted by Gasteiger charge is -2.09. The van der Waals surface area contributed by atoms with Crippen LogP contribution in [0.2, 0.25) is 0 Å². The van der Waals surface area contributed by atoms with Crippen molar-refractivity contribution >= 4 is 28.4 Å². The number of urea groups is 1. The minimum Gasteiger partial charge on any atom is -0.308 e. The van der Waals surface area contributed by atoms with Crippen LogP contribution in [0.3, 0.4) is 0 Å². The van der Waals surface area contributed by atoms with Crippen LogP contribution >= 0.6 is 0 Å². The lowest BCUT2D eigenvalue weighted by atomic mass is 10.1. The fraction of sp³-hybridized carbons (Fsp3) is 0.0526. The fourth-order valence-electron chi connectivity index (χ4n) is 2.67. The van der Waals surface area contributed by atoms with E-state index in [0.717, 1.165) is 16.8 Å². The highest BCUT2D eigenvalue weighted by Gasteiger charge is 2.10. The van der Waals surface area contributed by atoms with Gasteiger partial charge < -0.3 is 10.6 Å². The van der Waals surface area contributed by atoms with Crippen LogP contribution < -0.4 is 10.6 Å². The summed E-state index contributed by atoms with van der Waals surface area (Å²) in [6.07, 6.45) is 7.09. The average Bonchev–Trinajstić information content (AvgIpc) is 3.09. The van der Waals surface area contributed by atoms with Gasteiger partial charge >= 0.3 is 6.03 Å². The van der Waals surface area contributed by atoms with Gasteiger partial charge in [0.05, 0.1) is 17.4 Å². The van der Waals surface area contributed by atoms with Gasteiger partial charge in [-0.25, -0.2) is 4.79 Å². The van der Waals surface area contributed by atoms with E-state index in [-0.39, 0.29) is 6.03 Å². The van der Waals surface area contributed by atoms with Crippen molar-refractivity contribution in [3.8, 4) is 11.1 Å². The summed E-state index contributed by atoms with van der Waals surface area (Å²) in [5, 5.41) is 9.79. The second-order valence-electron chi connectivity index (χ2n) is 5.80. The Hall–Kier alpha value is -3.74. The number of pyridine rings is 2. The highest BCUT2D eigenvalue weighted by Crippen LogP contribution is 2.25. The minimum absolute atomic E-state index is 0.332. The van der Waals surface area contributed by atoms with Crippen molar-refractivity contribution in [2.24, 2.45) is 7.05 Å². The quantitative estimate of drug-likeness (QED) is 0.594. The maximum atomic E-state index is 12.2. The molecule has 3 heterocycles. The summed E-state index contributed by atoms with van der Waals surface area (Å²) in [5.41, 5.74) is 4.52. The first-order chi connectivity index (χ1) is 12.7. The molecule has 4 aromatic rings. The summed E-state index contributed by atoms with van der Waals surface area (Å²) >= 11 is 0. The number of rotatable bonds is 3. The Labute approximate surface area is 149 Å². The Kier molecular flexibility index (Phi) is 4.03. The van der Waals surface area contributed by atoms with Crippen molar-refractivity contribution in [1.29, 1.82) is 0 Å². The first-order valence-corrected chi connectivity index (χ1v) is 8.06. The van der Waals surface area contributed by atoms with E-state index in [9.17, 15) is 4.79 Å². The second kappa shape index (κ2) is 6.64. The van der Waals surface area contributed by atoms with Crippen molar-refractivity contribution in [3.05, 3.63) is 67.3 Å². The maximum absolute atomic E-state index is 12.2. The zero-order valence-electron chi connectivity index (χ0n) is 14.0. The topological polar surface area (TPSA) is 84.7 Å². The fourth-order valence-corrected chi connectivity index (χ4v) is 2.67. The molecule has 0 fully saturated rings. The first kappa shape index (κ1) is 15.8. The van der Waals surface area contributed by atoms with Crippen LogP contribution in [0.4, 0.5) is 16.2 Å². The van der Waals surface area contributed by atoms with Gasteiger partial charge in [-0.2, -0.15) is 5.10 Å². The Bertz CT molecular complexity index is 1070. The lowest BCUT2D eigenvalue weighted by Crippen LogP contribution is -2.19. The van der Waals surface area contributed by atoms with E-state index < -0.39 is 0 Å². The third-order valence-corrected chi connectivity index (χ3v) is 3.90. The number of fused-ring (bicyclic) bond motifs is 1. The summed E-state index contributed by atoms with van der Waals surface area (Å²) < 4.78 is 1.73. The number of para-hydroxylation sites is 1. The number of anilines is 2. The molecule has 0 spiro atoms. The summed E-state index contributed by atoms with van der Waals surface area (Å²) in [6, 6.07) is 12.6. The lowest BCUT2D eigenvalue weighted by molar-refractivity contribution is 0.262. The van der Waals surface area contributed by atoms with Crippen molar-refractivity contribution < 1.29 is 4.79 Å². The molecule has 0 aliphatic heterocycles. The third kappa shape index (κ3) is 3.23. The number of aromatic nitrogens is 4. The smallest absolute Gasteiger partial charge is 0.308 e. The van der Waals surface area contributed by atoms with Crippen molar-refractivity contribution in [3.63, 3.8) is 0 Å². The highest BCUT2D eigenvalue weighted by molar-refractivity contribution is 6.04. The third-order valence-electron chi connectivity index (χ3n) is 3.90. The predicted octanol–water partition coefficient (Wildman–Crippen LogP) is 3.67.